The minimum atomic E-state index is -0.949. The van der Waals surface area contributed by atoms with Crippen LogP contribution in [-0.2, 0) is 15.0 Å². The van der Waals surface area contributed by atoms with Gasteiger partial charge >= 0.3 is 0 Å². The van der Waals surface area contributed by atoms with E-state index in [9.17, 15) is 9.59 Å². The summed E-state index contributed by atoms with van der Waals surface area (Å²) in [4.78, 5) is 26.4. The normalized spacial score (nSPS) is 17.4. The van der Waals surface area contributed by atoms with Crippen LogP contribution in [0.15, 0.2) is 72.3 Å². The van der Waals surface area contributed by atoms with Crippen LogP contribution in [0, 0.1) is 0 Å². The van der Waals surface area contributed by atoms with Crippen molar-refractivity contribution in [3.8, 4) is 0 Å². The molecule has 3 nitrogen and oxygen atoms in total. The van der Waals surface area contributed by atoms with Gasteiger partial charge in [0, 0.05) is 12.6 Å². The van der Waals surface area contributed by atoms with Crippen molar-refractivity contribution in [1.29, 1.82) is 0 Å². The van der Waals surface area contributed by atoms with Gasteiger partial charge in [0.15, 0.2) is 0 Å². The van der Waals surface area contributed by atoms with E-state index in [1.54, 1.807) is 20.0 Å². The van der Waals surface area contributed by atoms with Crippen LogP contribution >= 0.6 is 0 Å². The van der Waals surface area contributed by atoms with Gasteiger partial charge in [0.05, 0.1) is 0 Å². The van der Waals surface area contributed by atoms with Gasteiger partial charge in [-0.05, 0) is 18.1 Å². The molecule has 0 bridgehead atoms. The van der Waals surface area contributed by atoms with Crippen LogP contribution in [0.3, 0.4) is 0 Å². The quantitative estimate of drug-likeness (QED) is 0.798. The number of amides is 2. The molecule has 0 N–H and O–H groups in total. The highest BCUT2D eigenvalue weighted by Gasteiger charge is 2.46. The molecule has 2 aromatic carbocycles. The molecule has 2 amide bonds. The van der Waals surface area contributed by atoms with Gasteiger partial charge in [-0.15, -0.1) is 0 Å². The fourth-order valence-corrected chi connectivity index (χ4v) is 3.05. The molecule has 1 aliphatic rings. The molecule has 0 fully saturated rings. The summed E-state index contributed by atoms with van der Waals surface area (Å²) in [5, 5.41) is 0. The Morgan fingerprint density at radius 3 is 1.73 bits per heavy atom. The lowest BCUT2D eigenvalue weighted by Gasteiger charge is -2.37. The van der Waals surface area contributed by atoms with Crippen molar-refractivity contribution in [2.24, 2.45) is 0 Å². The Morgan fingerprint density at radius 2 is 1.27 bits per heavy atom. The highest BCUT2D eigenvalue weighted by molar-refractivity contribution is 6.13. The van der Waals surface area contributed by atoms with Gasteiger partial charge in [0.25, 0.3) is 5.91 Å². The highest BCUT2D eigenvalue weighted by atomic mass is 16.2. The third-order valence-electron chi connectivity index (χ3n) is 4.18. The molecule has 0 atom stereocenters. The second-order valence-corrected chi connectivity index (χ2v) is 5.54. The summed E-state index contributed by atoms with van der Waals surface area (Å²) < 4.78 is 0. The van der Waals surface area contributed by atoms with E-state index < -0.39 is 5.41 Å². The first-order valence-electron chi connectivity index (χ1n) is 7.20. The summed E-state index contributed by atoms with van der Waals surface area (Å²) >= 11 is 0. The van der Waals surface area contributed by atoms with Crippen molar-refractivity contribution >= 4 is 11.8 Å². The zero-order valence-electron chi connectivity index (χ0n) is 12.6. The van der Waals surface area contributed by atoms with Crippen LogP contribution < -0.4 is 0 Å². The number of imide groups is 1. The first kappa shape index (κ1) is 14.3. The van der Waals surface area contributed by atoms with Crippen molar-refractivity contribution in [2.75, 3.05) is 7.05 Å². The largest absolute Gasteiger partial charge is 0.281 e. The average molecular weight is 291 g/mol. The number of likely N-dealkylation sites (N-methyl/N-ethyl adjacent to an activating group) is 1. The Balaban J connectivity index is 2.35. The minimum Gasteiger partial charge on any atom is -0.281 e. The summed E-state index contributed by atoms with van der Waals surface area (Å²) in [6.07, 6.45) is 1.79. The Hall–Kier alpha value is -2.68. The van der Waals surface area contributed by atoms with Crippen molar-refractivity contribution in [3.05, 3.63) is 83.4 Å². The van der Waals surface area contributed by atoms with E-state index in [0.29, 0.717) is 5.57 Å². The first-order chi connectivity index (χ1) is 10.6. The summed E-state index contributed by atoms with van der Waals surface area (Å²) in [5.74, 6) is -0.465. The Labute approximate surface area is 129 Å². The second-order valence-electron chi connectivity index (χ2n) is 5.54. The topological polar surface area (TPSA) is 37.4 Å². The molecular weight excluding hydrogens is 274 g/mol. The van der Waals surface area contributed by atoms with Gasteiger partial charge in [0.2, 0.25) is 5.91 Å². The smallest absolute Gasteiger partial charge is 0.255 e. The Morgan fingerprint density at radius 1 is 0.818 bits per heavy atom. The van der Waals surface area contributed by atoms with Crippen LogP contribution in [0.1, 0.15) is 18.1 Å². The maximum absolute atomic E-state index is 13.1. The van der Waals surface area contributed by atoms with E-state index >= 15 is 0 Å². The molecule has 1 heterocycles. The summed E-state index contributed by atoms with van der Waals surface area (Å²) in [7, 11) is 1.54. The van der Waals surface area contributed by atoms with E-state index in [-0.39, 0.29) is 11.8 Å². The zero-order chi connectivity index (χ0) is 15.7. The van der Waals surface area contributed by atoms with Crippen molar-refractivity contribution in [1.82, 2.24) is 4.90 Å². The van der Waals surface area contributed by atoms with Crippen LogP contribution in [0.25, 0.3) is 0 Å². The lowest BCUT2D eigenvalue weighted by molar-refractivity contribution is -0.144. The summed E-state index contributed by atoms with van der Waals surface area (Å²) in [6.45, 7) is 1.76. The third kappa shape index (κ3) is 1.98. The third-order valence-corrected chi connectivity index (χ3v) is 4.18. The molecule has 110 valence electrons. The lowest BCUT2D eigenvalue weighted by atomic mass is 9.70. The summed E-state index contributed by atoms with van der Waals surface area (Å²) in [5.41, 5.74) is 1.36. The molecule has 3 rings (SSSR count). The van der Waals surface area contributed by atoms with Gasteiger partial charge in [-0.2, -0.15) is 0 Å². The molecule has 0 unspecified atom stereocenters. The standard InChI is InChI=1S/C19H17NO2/c1-14-13-19(15-9-5-3-6-10-15,16-11-7-4-8-12-16)18(22)20(2)17(14)21/h3-13H,1-2H3. The van der Waals surface area contributed by atoms with Crippen LogP contribution in [0.5, 0.6) is 0 Å². The van der Waals surface area contributed by atoms with Crippen molar-refractivity contribution in [3.63, 3.8) is 0 Å². The molecule has 0 aromatic heterocycles. The molecular formula is C19H17NO2. The number of carbonyl (C=O) groups excluding carboxylic acids is 2. The van der Waals surface area contributed by atoms with Gasteiger partial charge in [-0.3, -0.25) is 14.5 Å². The summed E-state index contributed by atoms with van der Waals surface area (Å²) in [6, 6.07) is 19.2. The maximum Gasteiger partial charge on any atom is 0.255 e. The monoisotopic (exact) mass is 291 g/mol. The van der Waals surface area contributed by atoms with Crippen molar-refractivity contribution in [2.45, 2.75) is 12.3 Å². The fourth-order valence-electron chi connectivity index (χ4n) is 3.05. The SMILES string of the molecule is CC1=CC(c2ccccc2)(c2ccccc2)C(=O)N(C)C1=O. The van der Waals surface area contributed by atoms with E-state index in [0.717, 1.165) is 11.1 Å². The molecule has 0 radical (unpaired) electrons. The van der Waals surface area contributed by atoms with E-state index in [4.69, 9.17) is 0 Å². The number of carbonyl (C=O) groups is 2. The number of hydrogen-bond donors (Lipinski definition) is 0. The zero-order valence-corrected chi connectivity index (χ0v) is 12.6. The Kier molecular flexibility index (Phi) is 3.41. The first-order valence-corrected chi connectivity index (χ1v) is 7.20. The average Bonchev–Trinajstić information content (AvgIpc) is 2.58. The Bertz CT molecular complexity index is 708. The maximum atomic E-state index is 13.1. The van der Waals surface area contributed by atoms with Crippen LogP contribution in [0.2, 0.25) is 0 Å². The van der Waals surface area contributed by atoms with Crippen LogP contribution in [-0.4, -0.2) is 23.8 Å². The number of rotatable bonds is 2. The van der Waals surface area contributed by atoms with Crippen molar-refractivity contribution < 1.29 is 9.59 Å². The number of hydrogen-bond acceptors (Lipinski definition) is 2. The van der Waals surface area contributed by atoms with Gasteiger partial charge in [-0.1, -0.05) is 66.7 Å². The van der Waals surface area contributed by atoms with Gasteiger partial charge in [0.1, 0.15) is 5.41 Å². The molecule has 22 heavy (non-hydrogen) atoms. The van der Waals surface area contributed by atoms with E-state index in [2.05, 4.69) is 0 Å². The number of nitrogens with zero attached hydrogens (tertiary/aromatic N) is 1. The fraction of sp³-hybridized carbons (Fsp3) is 0.158. The van der Waals surface area contributed by atoms with E-state index in [1.165, 1.54) is 4.90 Å². The lowest BCUT2D eigenvalue weighted by Crippen LogP contribution is -2.51. The second kappa shape index (κ2) is 5.26. The molecule has 1 aliphatic heterocycles. The predicted molar refractivity (Wildman–Crippen MR) is 85.2 cm³/mol. The van der Waals surface area contributed by atoms with E-state index in [1.807, 2.05) is 60.7 Å². The van der Waals surface area contributed by atoms with Gasteiger partial charge < -0.3 is 0 Å². The molecule has 0 spiro atoms. The van der Waals surface area contributed by atoms with Gasteiger partial charge in [-0.25, -0.2) is 0 Å². The molecule has 2 aromatic rings. The molecule has 3 heteroatoms. The molecule has 0 aliphatic carbocycles. The molecule has 0 saturated carbocycles. The molecule has 0 saturated heterocycles. The number of benzene rings is 2. The highest BCUT2D eigenvalue weighted by Crippen LogP contribution is 2.39. The predicted octanol–water partition coefficient (Wildman–Crippen LogP) is 2.92. The minimum absolute atomic E-state index is 0.222. The van der Waals surface area contributed by atoms with Crippen LogP contribution in [0.4, 0.5) is 0 Å².